The largest absolute Gasteiger partial charge is 0.406 e. The summed E-state index contributed by atoms with van der Waals surface area (Å²) < 4.78 is 35.8. The van der Waals surface area contributed by atoms with Crippen molar-refractivity contribution in [1.29, 1.82) is 0 Å². The molecule has 1 unspecified atom stereocenters. The molecule has 90 valence electrons. The van der Waals surface area contributed by atoms with Crippen LogP contribution >= 0.6 is 0 Å². The van der Waals surface area contributed by atoms with Gasteiger partial charge in [0.1, 0.15) is 6.54 Å². The van der Waals surface area contributed by atoms with E-state index in [4.69, 9.17) is 5.73 Å². The lowest BCUT2D eigenvalue weighted by atomic mass is 10.0. The van der Waals surface area contributed by atoms with E-state index in [-0.39, 0.29) is 12.3 Å². The summed E-state index contributed by atoms with van der Waals surface area (Å²) in [7, 11) is 1.15. The van der Waals surface area contributed by atoms with Crippen molar-refractivity contribution in [1.82, 2.24) is 4.90 Å². The fourth-order valence-corrected chi connectivity index (χ4v) is 1.15. The van der Waals surface area contributed by atoms with Crippen molar-refractivity contribution in [3.8, 4) is 0 Å². The smallest absolute Gasteiger partial charge is 0.337 e. The normalized spacial score (nSPS) is 13.7. The third kappa shape index (κ3) is 6.33. The highest BCUT2D eigenvalue weighted by molar-refractivity contribution is 5.76. The van der Waals surface area contributed by atoms with Gasteiger partial charge in [0.2, 0.25) is 5.91 Å². The molecule has 0 spiro atoms. The molecule has 0 aliphatic heterocycles. The Labute approximate surface area is 87.4 Å². The third-order valence-electron chi connectivity index (χ3n) is 2.22. The van der Waals surface area contributed by atoms with Gasteiger partial charge >= 0.3 is 6.18 Å². The lowest BCUT2D eigenvalue weighted by molar-refractivity contribution is -0.158. The van der Waals surface area contributed by atoms with Crippen LogP contribution in [-0.2, 0) is 4.79 Å². The molecule has 2 N–H and O–H groups in total. The van der Waals surface area contributed by atoms with Crippen molar-refractivity contribution in [2.45, 2.75) is 25.9 Å². The molecule has 0 aromatic carbocycles. The molecule has 0 aliphatic carbocycles. The predicted octanol–water partition coefficient (Wildman–Crippen LogP) is 1.38. The number of alkyl halides is 3. The third-order valence-corrected chi connectivity index (χ3v) is 2.22. The second-order valence-corrected chi connectivity index (χ2v) is 3.58. The summed E-state index contributed by atoms with van der Waals surface area (Å²) >= 11 is 0. The first-order valence-corrected chi connectivity index (χ1v) is 4.81. The topological polar surface area (TPSA) is 46.3 Å². The van der Waals surface area contributed by atoms with Crippen molar-refractivity contribution in [2.75, 3.05) is 20.1 Å². The molecule has 0 aromatic heterocycles. The van der Waals surface area contributed by atoms with Gasteiger partial charge < -0.3 is 10.6 Å². The molecule has 0 saturated heterocycles. The van der Waals surface area contributed by atoms with E-state index in [9.17, 15) is 18.0 Å². The van der Waals surface area contributed by atoms with E-state index in [2.05, 4.69) is 0 Å². The number of nitrogens with zero attached hydrogens (tertiary/aromatic N) is 1. The Morgan fingerprint density at radius 2 is 2.00 bits per heavy atom. The number of nitrogens with two attached hydrogens (primary N) is 1. The van der Waals surface area contributed by atoms with Gasteiger partial charge in [0.15, 0.2) is 0 Å². The van der Waals surface area contributed by atoms with Gasteiger partial charge in [0, 0.05) is 13.5 Å². The van der Waals surface area contributed by atoms with Gasteiger partial charge in [-0.05, 0) is 12.5 Å². The average Bonchev–Trinajstić information content (AvgIpc) is 2.10. The van der Waals surface area contributed by atoms with Gasteiger partial charge in [0.25, 0.3) is 0 Å². The van der Waals surface area contributed by atoms with Gasteiger partial charge in [-0.2, -0.15) is 13.2 Å². The maximum absolute atomic E-state index is 11.9. The summed E-state index contributed by atoms with van der Waals surface area (Å²) in [5.41, 5.74) is 5.37. The van der Waals surface area contributed by atoms with Crippen LogP contribution in [0.3, 0.4) is 0 Å². The lowest BCUT2D eigenvalue weighted by Crippen LogP contribution is -2.37. The minimum atomic E-state index is -4.34. The van der Waals surface area contributed by atoms with E-state index in [0.29, 0.717) is 17.9 Å². The Balaban J connectivity index is 4.09. The Morgan fingerprint density at radius 1 is 1.47 bits per heavy atom. The van der Waals surface area contributed by atoms with Crippen LogP contribution in [0.15, 0.2) is 0 Å². The molecule has 0 saturated carbocycles. The fraction of sp³-hybridized carbons (Fsp3) is 0.889. The second-order valence-electron chi connectivity index (χ2n) is 3.58. The van der Waals surface area contributed by atoms with E-state index in [1.54, 1.807) is 0 Å². The maximum Gasteiger partial charge on any atom is 0.406 e. The van der Waals surface area contributed by atoms with Crippen LogP contribution in [0.4, 0.5) is 13.2 Å². The number of amides is 1. The molecule has 0 bridgehead atoms. The molecule has 6 heteroatoms. The molecule has 3 nitrogen and oxygen atoms in total. The average molecular weight is 226 g/mol. The first-order chi connectivity index (χ1) is 6.80. The first-order valence-electron chi connectivity index (χ1n) is 4.81. The summed E-state index contributed by atoms with van der Waals surface area (Å²) in [6, 6.07) is 0. The highest BCUT2D eigenvalue weighted by Gasteiger charge is 2.31. The monoisotopic (exact) mass is 226 g/mol. The van der Waals surface area contributed by atoms with Gasteiger partial charge in [-0.15, -0.1) is 0 Å². The van der Waals surface area contributed by atoms with Crippen LogP contribution in [0.1, 0.15) is 19.8 Å². The molecule has 0 aromatic rings. The molecule has 1 amide bonds. The predicted molar refractivity (Wildman–Crippen MR) is 51.1 cm³/mol. The summed E-state index contributed by atoms with van der Waals surface area (Å²) in [5, 5.41) is 0. The summed E-state index contributed by atoms with van der Waals surface area (Å²) in [6.45, 7) is 0.976. The summed E-state index contributed by atoms with van der Waals surface area (Å²) in [4.78, 5) is 12.0. The van der Waals surface area contributed by atoms with Crippen LogP contribution < -0.4 is 5.73 Å². The highest BCUT2D eigenvalue weighted by Crippen LogP contribution is 2.17. The van der Waals surface area contributed by atoms with Crippen LogP contribution in [-0.4, -0.2) is 37.1 Å². The molecule has 0 rings (SSSR count). The van der Waals surface area contributed by atoms with Crippen LogP contribution in [0.5, 0.6) is 0 Å². The lowest BCUT2D eigenvalue weighted by Gasteiger charge is -2.21. The zero-order valence-corrected chi connectivity index (χ0v) is 8.97. The van der Waals surface area contributed by atoms with E-state index >= 15 is 0 Å². The quantitative estimate of drug-likeness (QED) is 0.769. The van der Waals surface area contributed by atoms with Gasteiger partial charge in [0.05, 0.1) is 0 Å². The second kappa shape index (κ2) is 5.95. The summed E-state index contributed by atoms with van der Waals surface area (Å²) in [5.74, 6) is -0.544. The Morgan fingerprint density at radius 3 is 2.33 bits per heavy atom. The van der Waals surface area contributed by atoms with Crippen LogP contribution in [0.25, 0.3) is 0 Å². The minimum Gasteiger partial charge on any atom is -0.337 e. The van der Waals surface area contributed by atoms with E-state index in [0.717, 1.165) is 7.05 Å². The number of hydrogen-bond acceptors (Lipinski definition) is 2. The summed E-state index contributed by atoms with van der Waals surface area (Å²) in [6.07, 6.45) is -3.56. The zero-order chi connectivity index (χ0) is 12.1. The van der Waals surface area contributed by atoms with Crippen molar-refractivity contribution >= 4 is 5.91 Å². The van der Waals surface area contributed by atoms with Gasteiger partial charge in [-0.3, -0.25) is 4.79 Å². The molecule has 0 aliphatic rings. The van der Waals surface area contributed by atoms with Crippen molar-refractivity contribution in [3.63, 3.8) is 0 Å². The highest BCUT2D eigenvalue weighted by atomic mass is 19.4. The Kier molecular flexibility index (Phi) is 5.64. The van der Waals surface area contributed by atoms with Crippen molar-refractivity contribution in [2.24, 2.45) is 11.7 Å². The number of rotatable bonds is 5. The van der Waals surface area contributed by atoms with Crippen LogP contribution in [0, 0.1) is 5.92 Å². The maximum atomic E-state index is 11.9. The molecule has 0 fully saturated rings. The molecular weight excluding hydrogens is 209 g/mol. The minimum absolute atomic E-state index is 0.0341. The SMILES string of the molecule is CCC(CN)CC(=O)N(C)CC(F)(F)F. The Bertz CT molecular complexity index is 202. The van der Waals surface area contributed by atoms with Crippen molar-refractivity contribution in [3.05, 3.63) is 0 Å². The molecular formula is C9H17F3N2O. The van der Waals surface area contributed by atoms with Gasteiger partial charge in [-0.1, -0.05) is 13.3 Å². The molecule has 15 heavy (non-hydrogen) atoms. The molecule has 1 atom stereocenters. The number of carbonyl (C=O) groups excluding carboxylic acids is 1. The van der Waals surface area contributed by atoms with E-state index in [1.807, 2.05) is 6.92 Å². The number of halogens is 3. The fourth-order valence-electron chi connectivity index (χ4n) is 1.15. The van der Waals surface area contributed by atoms with E-state index < -0.39 is 18.6 Å². The van der Waals surface area contributed by atoms with Crippen LogP contribution in [0.2, 0.25) is 0 Å². The number of hydrogen-bond donors (Lipinski definition) is 1. The first kappa shape index (κ1) is 14.2. The van der Waals surface area contributed by atoms with E-state index in [1.165, 1.54) is 0 Å². The standard InChI is InChI=1S/C9H17F3N2O/c1-3-7(5-13)4-8(15)14(2)6-9(10,11)12/h7H,3-6,13H2,1-2H3. The zero-order valence-electron chi connectivity index (χ0n) is 8.97. The number of carbonyl (C=O) groups is 1. The van der Waals surface area contributed by atoms with Gasteiger partial charge in [-0.25, -0.2) is 0 Å². The molecule has 0 heterocycles. The van der Waals surface area contributed by atoms with Crippen molar-refractivity contribution < 1.29 is 18.0 Å². The Hall–Kier alpha value is -0.780. The molecule has 0 radical (unpaired) electrons.